The Morgan fingerprint density at radius 3 is 2.09 bits per heavy atom. The maximum Gasteiger partial charge on any atom is 0.372 e. The Labute approximate surface area is 65.0 Å². The number of Topliss-reactive ketones (excluding diaryl/α,β-unsaturated/α-hetero) is 1. The maximum atomic E-state index is 10.1. The summed E-state index contributed by atoms with van der Waals surface area (Å²) in [6, 6.07) is 0. The third kappa shape index (κ3) is 8.62. The number of aliphatic carboxylic acids is 1. The van der Waals surface area contributed by atoms with Gasteiger partial charge in [0.25, 0.3) is 0 Å². The first-order valence-electron chi connectivity index (χ1n) is 3.20. The number of carboxylic acid groups (broad SMARTS) is 1. The van der Waals surface area contributed by atoms with Crippen molar-refractivity contribution < 1.29 is 14.7 Å². The second kappa shape index (κ2) is 5.41. The summed E-state index contributed by atoms with van der Waals surface area (Å²) in [4.78, 5) is 19.8. The van der Waals surface area contributed by atoms with E-state index in [1.807, 2.05) is 0 Å². The summed E-state index contributed by atoms with van der Waals surface area (Å²) in [6.45, 7) is 3.20. The molecule has 60 valence electrons. The number of hydrogen-bond acceptors (Lipinski definition) is 2. The van der Waals surface area contributed by atoms with E-state index in [0.717, 1.165) is 0 Å². The second-order valence-electron chi connectivity index (χ2n) is 1.93. The van der Waals surface area contributed by atoms with Crippen LogP contribution >= 0.6 is 0 Å². The fourth-order valence-electron chi connectivity index (χ4n) is 0.218. The molecule has 0 heterocycles. The third-order valence-corrected chi connectivity index (χ3v) is 0.804. The van der Waals surface area contributed by atoms with Crippen molar-refractivity contribution in [3.63, 3.8) is 0 Å². The van der Waals surface area contributed by atoms with Crippen LogP contribution < -0.4 is 0 Å². The Balaban J connectivity index is 0.000000271. The SMILES string of the molecule is C1=CC1.C=CCC(=O)C(=O)O. The van der Waals surface area contributed by atoms with E-state index in [4.69, 9.17) is 5.11 Å². The lowest BCUT2D eigenvalue weighted by molar-refractivity contribution is -0.148. The van der Waals surface area contributed by atoms with Gasteiger partial charge in [0.05, 0.1) is 0 Å². The molecule has 3 heteroatoms. The molecule has 0 saturated carbocycles. The fourth-order valence-corrected chi connectivity index (χ4v) is 0.218. The summed E-state index contributed by atoms with van der Waals surface area (Å²) in [5.41, 5.74) is 0. The summed E-state index contributed by atoms with van der Waals surface area (Å²) in [6.07, 6.45) is 6.67. The molecule has 0 fully saturated rings. The lowest BCUT2D eigenvalue weighted by atomic mass is 10.3. The Hall–Kier alpha value is -1.38. The highest BCUT2D eigenvalue weighted by atomic mass is 16.4. The van der Waals surface area contributed by atoms with Gasteiger partial charge in [0, 0.05) is 6.42 Å². The van der Waals surface area contributed by atoms with Gasteiger partial charge in [-0.2, -0.15) is 0 Å². The fraction of sp³-hybridized carbons (Fsp3) is 0.250. The van der Waals surface area contributed by atoms with Crippen LogP contribution in [0.3, 0.4) is 0 Å². The van der Waals surface area contributed by atoms with E-state index in [-0.39, 0.29) is 6.42 Å². The Morgan fingerprint density at radius 1 is 1.55 bits per heavy atom. The Morgan fingerprint density at radius 2 is 2.00 bits per heavy atom. The van der Waals surface area contributed by atoms with Gasteiger partial charge >= 0.3 is 5.97 Å². The molecule has 0 spiro atoms. The molecule has 0 atom stereocenters. The van der Waals surface area contributed by atoms with Crippen molar-refractivity contribution in [1.29, 1.82) is 0 Å². The molecule has 1 aliphatic rings. The summed E-state index contributed by atoms with van der Waals surface area (Å²) in [5.74, 6) is -2.22. The lowest BCUT2D eigenvalue weighted by Crippen LogP contribution is -2.10. The van der Waals surface area contributed by atoms with Crippen molar-refractivity contribution in [2.45, 2.75) is 12.8 Å². The van der Waals surface area contributed by atoms with Crippen LogP contribution in [0.25, 0.3) is 0 Å². The molecule has 0 aromatic carbocycles. The minimum Gasteiger partial charge on any atom is -0.475 e. The molecule has 11 heavy (non-hydrogen) atoms. The molecular weight excluding hydrogens is 144 g/mol. The zero-order chi connectivity index (χ0) is 8.69. The summed E-state index contributed by atoms with van der Waals surface area (Å²) < 4.78 is 0. The third-order valence-electron chi connectivity index (χ3n) is 0.804. The average molecular weight is 154 g/mol. The highest BCUT2D eigenvalue weighted by Gasteiger charge is 2.06. The number of hydrogen-bond donors (Lipinski definition) is 1. The standard InChI is InChI=1S/C5H6O3.C3H4/c1-2-3-4(6)5(7)8;1-2-3-1/h2H,1,3H2,(H,7,8);1-2H,3H2. The molecule has 0 radical (unpaired) electrons. The van der Waals surface area contributed by atoms with Crippen LogP contribution in [0, 0.1) is 0 Å². The highest BCUT2D eigenvalue weighted by Crippen LogP contribution is 1.96. The number of ketones is 1. The molecule has 0 unspecified atom stereocenters. The number of carbonyl (C=O) groups excluding carboxylic acids is 1. The van der Waals surface area contributed by atoms with Gasteiger partial charge in [0.15, 0.2) is 0 Å². The highest BCUT2D eigenvalue weighted by molar-refractivity contribution is 6.32. The number of allylic oxidation sites excluding steroid dienone is 3. The van der Waals surface area contributed by atoms with Crippen LogP contribution in [-0.2, 0) is 9.59 Å². The van der Waals surface area contributed by atoms with Gasteiger partial charge in [-0.3, -0.25) is 4.79 Å². The van der Waals surface area contributed by atoms with Gasteiger partial charge in [-0.25, -0.2) is 4.79 Å². The molecule has 0 amide bonds. The van der Waals surface area contributed by atoms with Crippen molar-refractivity contribution >= 4 is 11.8 Å². The van der Waals surface area contributed by atoms with Crippen LogP contribution in [0.4, 0.5) is 0 Å². The number of rotatable bonds is 3. The molecule has 0 bridgehead atoms. The van der Waals surface area contributed by atoms with Gasteiger partial charge in [0.1, 0.15) is 0 Å². The topological polar surface area (TPSA) is 54.4 Å². The smallest absolute Gasteiger partial charge is 0.372 e. The quantitative estimate of drug-likeness (QED) is 0.490. The Kier molecular flexibility index (Phi) is 4.73. The Bertz CT molecular complexity index is 188. The van der Waals surface area contributed by atoms with Crippen molar-refractivity contribution in [2.75, 3.05) is 0 Å². The van der Waals surface area contributed by atoms with Gasteiger partial charge in [-0.05, 0) is 6.42 Å². The van der Waals surface area contributed by atoms with E-state index in [0.29, 0.717) is 0 Å². The zero-order valence-electron chi connectivity index (χ0n) is 6.12. The van der Waals surface area contributed by atoms with Gasteiger partial charge in [-0.15, -0.1) is 6.58 Å². The molecule has 0 saturated heterocycles. The zero-order valence-corrected chi connectivity index (χ0v) is 6.12. The lowest BCUT2D eigenvalue weighted by Gasteiger charge is -1.82. The van der Waals surface area contributed by atoms with Crippen LogP contribution in [0.15, 0.2) is 24.8 Å². The van der Waals surface area contributed by atoms with Gasteiger partial charge in [0.2, 0.25) is 5.78 Å². The maximum absolute atomic E-state index is 10.1. The largest absolute Gasteiger partial charge is 0.475 e. The molecule has 1 aliphatic carbocycles. The molecule has 0 aromatic rings. The molecule has 3 nitrogen and oxygen atoms in total. The normalized spacial score (nSPS) is 10.9. The van der Waals surface area contributed by atoms with Gasteiger partial charge in [-0.1, -0.05) is 18.2 Å². The van der Waals surface area contributed by atoms with Crippen LogP contribution in [0.5, 0.6) is 0 Å². The van der Waals surface area contributed by atoms with E-state index in [9.17, 15) is 9.59 Å². The van der Waals surface area contributed by atoms with E-state index in [1.54, 1.807) is 0 Å². The first-order valence-corrected chi connectivity index (χ1v) is 3.20. The summed E-state index contributed by atoms with van der Waals surface area (Å²) in [7, 11) is 0. The molecule has 1 rings (SSSR count). The minimum atomic E-state index is -1.40. The number of carboxylic acids is 1. The van der Waals surface area contributed by atoms with E-state index >= 15 is 0 Å². The first-order chi connectivity index (χ1) is 5.18. The monoisotopic (exact) mass is 154 g/mol. The van der Waals surface area contributed by atoms with E-state index in [1.165, 1.54) is 12.5 Å². The van der Waals surface area contributed by atoms with Crippen molar-refractivity contribution in [3.05, 3.63) is 24.8 Å². The summed E-state index contributed by atoms with van der Waals surface area (Å²) in [5, 5.41) is 7.92. The molecule has 1 N–H and O–H groups in total. The van der Waals surface area contributed by atoms with Crippen LogP contribution in [0.1, 0.15) is 12.8 Å². The molecular formula is C8H10O3. The first kappa shape index (κ1) is 9.62. The molecule has 0 aliphatic heterocycles. The molecule has 0 aromatic heterocycles. The van der Waals surface area contributed by atoms with Crippen molar-refractivity contribution in [1.82, 2.24) is 0 Å². The predicted molar refractivity (Wildman–Crippen MR) is 41.2 cm³/mol. The van der Waals surface area contributed by atoms with Gasteiger partial charge < -0.3 is 5.11 Å². The van der Waals surface area contributed by atoms with Crippen LogP contribution in [-0.4, -0.2) is 16.9 Å². The average Bonchev–Trinajstić information content (AvgIpc) is 2.72. The summed E-state index contributed by atoms with van der Waals surface area (Å²) >= 11 is 0. The van der Waals surface area contributed by atoms with Crippen LogP contribution in [0.2, 0.25) is 0 Å². The predicted octanol–water partition coefficient (Wildman–Crippen LogP) is 1.16. The van der Waals surface area contributed by atoms with E-state index in [2.05, 4.69) is 18.7 Å². The van der Waals surface area contributed by atoms with E-state index < -0.39 is 11.8 Å². The second-order valence-corrected chi connectivity index (χ2v) is 1.93. The minimum absolute atomic E-state index is 0.0880. The van der Waals surface area contributed by atoms with Crippen molar-refractivity contribution in [2.24, 2.45) is 0 Å². The number of carbonyl (C=O) groups is 2. The van der Waals surface area contributed by atoms with Crippen molar-refractivity contribution in [3.8, 4) is 0 Å².